The third kappa shape index (κ3) is 4.90. The van der Waals surface area contributed by atoms with Gasteiger partial charge in [-0.2, -0.15) is 15.2 Å². The zero-order chi connectivity index (χ0) is 32.4. The van der Waals surface area contributed by atoms with E-state index in [1.807, 2.05) is 15.9 Å². The number of carbonyl (C=O) groups excluding carboxylic acids is 1. The first-order valence-electron chi connectivity index (χ1n) is 16.1. The second kappa shape index (κ2) is 11.3. The Morgan fingerprint density at radius 1 is 1.09 bits per heavy atom. The van der Waals surface area contributed by atoms with Gasteiger partial charge in [0.05, 0.1) is 11.6 Å². The Labute approximate surface area is 269 Å². The lowest BCUT2D eigenvalue weighted by Crippen LogP contribution is -2.56. The number of hydrogen-bond donors (Lipinski definition) is 1. The van der Waals surface area contributed by atoms with E-state index in [2.05, 4.69) is 9.88 Å². The maximum Gasteiger partial charge on any atom is 0.319 e. The number of alkyl halides is 1. The van der Waals surface area contributed by atoms with Gasteiger partial charge in [-0.15, -0.1) is 0 Å². The van der Waals surface area contributed by atoms with Gasteiger partial charge in [-0.1, -0.05) is 18.2 Å². The first kappa shape index (κ1) is 29.8. The Balaban J connectivity index is 1.23. The zero-order valence-electron chi connectivity index (χ0n) is 25.6. The topological polar surface area (TPSA) is 106 Å². The molecule has 1 aromatic heterocycles. The van der Waals surface area contributed by atoms with Crippen molar-refractivity contribution in [3.05, 3.63) is 54.1 Å². The molecule has 4 saturated heterocycles. The summed E-state index contributed by atoms with van der Waals surface area (Å²) in [4.78, 5) is 28.1. The van der Waals surface area contributed by atoms with Crippen molar-refractivity contribution in [1.29, 1.82) is 5.26 Å². The van der Waals surface area contributed by atoms with Gasteiger partial charge in [0.25, 0.3) is 0 Å². The van der Waals surface area contributed by atoms with Crippen molar-refractivity contribution in [3.8, 4) is 29.0 Å². The summed E-state index contributed by atoms with van der Waals surface area (Å²) in [6.07, 6.45) is 2.50. The Bertz CT molecular complexity index is 1960. The molecular formula is C35H33F3N6O3. The van der Waals surface area contributed by atoms with E-state index in [4.69, 9.17) is 15.0 Å². The van der Waals surface area contributed by atoms with Gasteiger partial charge in [-0.3, -0.25) is 9.69 Å². The minimum absolute atomic E-state index is 0.0266. The molecule has 5 heterocycles. The van der Waals surface area contributed by atoms with Gasteiger partial charge in [-0.25, -0.2) is 13.2 Å². The van der Waals surface area contributed by atoms with Gasteiger partial charge in [-0.05, 0) is 67.4 Å². The van der Waals surface area contributed by atoms with Crippen molar-refractivity contribution in [2.75, 3.05) is 37.7 Å². The SMILES string of the molecule is N#CCC(=O)N1[C@@H]2CC[C@H]1CN(c1nc(OC[C@@]34CCCN3C[C@H](F)C4)nc3c(F)c(-c4cc(O)cc5cccc(F)c45)ccc13)C2. The molecular weight excluding hydrogens is 609 g/mol. The van der Waals surface area contributed by atoms with Crippen LogP contribution in [0.25, 0.3) is 32.8 Å². The van der Waals surface area contributed by atoms with E-state index >= 15 is 8.78 Å². The Morgan fingerprint density at radius 2 is 1.89 bits per heavy atom. The number of carbonyl (C=O) groups is 1. The number of fused-ring (bicyclic) bond motifs is 5. The molecule has 0 saturated carbocycles. The number of halogens is 3. The van der Waals surface area contributed by atoms with E-state index in [0.717, 1.165) is 32.2 Å². The van der Waals surface area contributed by atoms with Gasteiger partial charge < -0.3 is 19.6 Å². The van der Waals surface area contributed by atoms with Crippen LogP contribution in [0.3, 0.4) is 0 Å². The van der Waals surface area contributed by atoms with Crippen LogP contribution in [-0.2, 0) is 4.79 Å². The van der Waals surface area contributed by atoms with Crippen LogP contribution in [-0.4, -0.2) is 87.4 Å². The molecule has 4 aromatic rings. The molecule has 8 rings (SSSR count). The normalized spacial score (nSPS) is 25.4. The first-order chi connectivity index (χ1) is 22.7. The lowest BCUT2D eigenvalue weighted by molar-refractivity contribution is -0.133. The lowest BCUT2D eigenvalue weighted by Gasteiger charge is -2.41. The summed E-state index contributed by atoms with van der Waals surface area (Å²) < 4.78 is 52.7. The second-order valence-corrected chi connectivity index (χ2v) is 13.3. The van der Waals surface area contributed by atoms with Crippen LogP contribution in [0.4, 0.5) is 19.0 Å². The van der Waals surface area contributed by atoms with E-state index in [0.29, 0.717) is 42.6 Å². The van der Waals surface area contributed by atoms with Gasteiger partial charge >= 0.3 is 6.01 Å². The van der Waals surface area contributed by atoms with Crippen molar-refractivity contribution in [1.82, 2.24) is 19.8 Å². The molecule has 4 fully saturated rings. The molecule has 12 heteroatoms. The summed E-state index contributed by atoms with van der Waals surface area (Å²) in [5.74, 6) is -1.15. The number of amides is 1. The van der Waals surface area contributed by atoms with Crippen LogP contribution >= 0.6 is 0 Å². The lowest BCUT2D eigenvalue weighted by atomic mass is 9.95. The number of piperazine rings is 1. The molecule has 1 N–H and O–H groups in total. The number of phenols is 1. The molecule has 0 unspecified atom stereocenters. The maximum atomic E-state index is 16.8. The van der Waals surface area contributed by atoms with Gasteiger partial charge in [0, 0.05) is 54.5 Å². The molecule has 4 aliphatic heterocycles. The van der Waals surface area contributed by atoms with E-state index in [1.165, 1.54) is 24.3 Å². The molecule has 4 atom stereocenters. The van der Waals surface area contributed by atoms with E-state index in [-0.39, 0.29) is 64.8 Å². The van der Waals surface area contributed by atoms with Crippen LogP contribution in [0.1, 0.15) is 38.5 Å². The third-order valence-corrected chi connectivity index (χ3v) is 10.5. The van der Waals surface area contributed by atoms with Crippen molar-refractivity contribution >= 4 is 33.4 Å². The number of anilines is 1. The molecule has 3 aromatic carbocycles. The zero-order valence-corrected chi connectivity index (χ0v) is 25.6. The molecule has 9 nitrogen and oxygen atoms in total. The number of nitriles is 1. The molecule has 1 amide bonds. The quantitative estimate of drug-likeness (QED) is 0.295. The van der Waals surface area contributed by atoms with Crippen LogP contribution in [0.5, 0.6) is 11.8 Å². The average molecular weight is 643 g/mol. The summed E-state index contributed by atoms with van der Waals surface area (Å²) in [6.45, 7) is 2.18. The number of aromatic nitrogens is 2. The molecule has 2 bridgehead atoms. The van der Waals surface area contributed by atoms with E-state index in [9.17, 15) is 14.3 Å². The third-order valence-electron chi connectivity index (χ3n) is 10.5. The predicted molar refractivity (Wildman–Crippen MR) is 169 cm³/mol. The smallest absolute Gasteiger partial charge is 0.319 e. The molecule has 0 aliphatic carbocycles. The highest BCUT2D eigenvalue weighted by Gasteiger charge is 2.49. The first-order valence-corrected chi connectivity index (χ1v) is 16.1. The Morgan fingerprint density at radius 3 is 2.68 bits per heavy atom. The summed E-state index contributed by atoms with van der Waals surface area (Å²) in [7, 11) is 0. The van der Waals surface area contributed by atoms with Crippen molar-refractivity contribution in [3.63, 3.8) is 0 Å². The number of benzene rings is 3. The molecule has 0 spiro atoms. The summed E-state index contributed by atoms with van der Waals surface area (Å²) >= 11 is 0. The average Bonchev–Trinajstić information content (AvgIpc) is 3.66. The maximum absolute atomic E-state index is 16.8. The monoisotopic (exact) mass is 642 g/mol. The fourth-order valence-corrected chi connectivity index (χ4v) is 8.51. The van der Waals surface area contributed by atoms with Crippen molar-refractivity contribution < 1.29 is 27.8 Å². The van der Waals surface area contributed by atoms with Gasteiger partial charge in [0.1, 0.15) is 42.1 Å². The highest BCUT2D eigenvalue weighted by Crippen LogP contribution is 2.43. The number of nitrogens with zero attached hydrogens (tertiary/aromatic N) is 6. The highest BCUT2D eigenvalue weighted by molar-refractivity contribution is 6.01. The van der Waals surface area contributed by atoms with Crippen molar-refractivity contribution in [2.24, 2.45) is 0 Å². The molecule has 0 radical (unpaired) electrons. The fraction of sp³-hybridized carbons (Fsp3) is 0.429. The number of ether oxygens (including phenoxy) is 1. The van der Waals surface area contributed by atoms with E-state index < -0.39 is 23.3 Å². The minimum atomic E-state index is -0.944. The minimum Gasteiger partial charge on any atom is -0.508 e. The Hall–Kier alpha value is -4.63. The van der Waals surface area contributed by atoms with Crippen LogP contribution < -0.4 is 9.64 Å². The second-order valence-electron chi connectivity index (χ2n) is 13.3. The van der Waals surface area contributed by atoms with Crippen LogP contribution in [0.15, 0.2) is 42.5 Å². The molecule has 242 valence electrons. The van der Waals surface area contributed by atoms with Crippen LogP contribution in [0.2, 0.25) is 0 Å². The summed E-state index contributed by atoms with van der Waals surface area (Å²) in [5.41, 5.74) is -0.255. The standard InChI is InChI=1S/C35H33F3N6O3/c36-21-15-35(10-2-12-43(35)16-21)19-47-34-40-32-26(33(41-34)42-17-22-5-6-23(18-42)44(22)29(46)9-11-39)8-7-25(31(32)38)27-14-24(45)13-20-3-1-4-28(37)30(20)27/h1,3-4,7-8,13-14,21-23,45H,2,5-6,9-10,12,15-19H2/t21-,22-,23+,35+/m1/s1. The number of rotatable bonds is 6. The number of aromatic hydroxyl groups is 1. The molecule has 4 aliphatic rings. The Kier molecular flexibility index (Phi) is 7.13. The summed E-state index contributed by atoms with van der Waals surface area (Å²) in [5, 5.41) is 20.6. The largest absolute Gasteiger partial charge is 0.508 e. The van der Waals surface area contributed by atoms with Crippen molar-refractivity contribution in [2.45, 2.75) is 62.3 Å². The highest BCUT2D eigenvalue weighted by atomic mass is 19.1. The number of hydrogen-bond acceptors (Lipinski definition) is 8. The van der Waals surface area contributed by atoms with Crippen LogP contribution in [0, 0.1) is 23.0 Å². The summed E-state index contributed by atoms with van der Waals surface area (Å²) in [6, 6.07) is 12.1. The number of phenolic OH excluding ortho intramolecular Hbond substituents is 1. The van der Waals surface area contributed by atoms with E-state index in [1.54, 1.807) is 18.2 Å². The van der Waals surface area contributed by atoms with Gasteiger partial charge in [0.2, 0.25) is 5.91 Å². The van der Waals surface area contributed by atoms with Gasteiger partial charge in [0.15, 0.2) is 5.82 Å². The fourth-order valence-electron chi connectivity index (χ4n) is 8.51. The molecule has 47 heavy (non-hydrogen) atoms. The predicted octanol–water partition coefficient (Wildman–Crippen LogP) is 5.48.